The van der Waals surface area contributed by atoms with Crippen LogP contribution in [-0.4, -0.2) is 26.8 Å². The molecule has 0 fully saturated rings. The third-order valence-electron chi connectivity index (χ3n) is 2.68. The van der Waals surface area contributed by atoms with Crippen LogP contribution in [0.3, 0.4) is 0 Å². The van der Waals surface area contributed by atoms with E-state index in [0.717, 1.165) is 30.3 Å². The van der Waals surface area contributed by atoms with Crippen molar-refractivity contribution in [2.45, 2.75) is 32.7 Å². The van der Waals surface area contributed by atoms with Crippen LogP contribution in [0.1, 0.15) is 36.7 Å². The number of hydrogen-bond donors (Lipinski definition) is 1. The molecule has 0 amide bonds. The molecule has 1 unspecified atom stereocenters. The zero-order chi connectivity index (χ0) is 13.0. The molecular weight excluding hydrogens is 230 g/mol. The van der Waals surface area contributed by atoms with E-state index < -0.39 is 0 Å². The van der Waals surface area contributed by atoms with Crippen molar-refractivity contribution in [2.75, 3.05) is 6.54 Å². The number of nitrogens with one attached hydrogen (secondary N) is 1. The van der Waals surface area contributed by atoms with Gasteiger partial charge in [0.2, 0.25) is 0 Å². The van der Waals surface area contributed by atoms with E-state index in [0.29, 0.717) is 6.42 Å². The Hall–Kier alpha value is -1.69. The molecule has 0 spiro atoms. The fraction of sp³-hybridized carbons (Fsp3) is 0.583. The molecule has 98 valence electrons. The van der Waals surface area contributed by atoms with Crippen LogP contribution in [0.15, 0.2) is 16.5 Å². The molecule has 0 aliphatic heterocycles. The number of furan rings is 1. The van der Waals surface area contributed by atoms with Crippen LogP contribution >= 0.6 is 0 Å². The molecule has 0 aliphatic rings. The lowest BCUT2D eigenvalue weighted by atomic mass is 10.1. The summed E-state index contributed by atoms with van der Waals surface area (Å²) in [5.41, 5.74) is 0. The third-order valence-corrected chi connectivity index (χ3v) is 2.68. The SMILES string of the molecule is CCCNC(Cc1nnn(C)n1)c1ccc(C)o1. The van der Waals surface area contributed by atoms with E-state index >= 15 is 0 Å². The van der Waals surface area contributed by atoms with Crippen LogP contribution in [0, 0.1) is 6.92 Å². The van der Waals surface area contributed by atoms with E-state index in [1.165, 1.54) is 4.80 Å². The summed E-state index contributed by atoms with van der Waals surface area (Å²) >= 11 is 0. The van der Waals surface area contributed by atoms with Crippen molar-refractivity contribution in [3.05, 3.63) is 29.5 Å². The summed E-state index contributed by atoms with van der Waals surface area (Å²) in [6.45, 7) is 5.02. The fourth-order valence-corrected chi connectivity index (χ4v) is 1.82. The quantitative estimate of drug-likeness (QED) is 0.838. The Morgan fingerprint density at radius 1 is 1.44 bits per heavy atom. The number of rotatable bonds is 6. The predicted molar refractivity (Wildman–Crippen MR) is 67.0 cm³/mol. The largest absolute Gasteiger partial charge is 0.465 e. The van der Waals surface area contributed by atoms with E-state index in [-0.39, 0.29) is 6.04 Å². The number of hydrogen-bond acceptors (Lipinski definition) is 5. The highest BCUT2D eigenvalue weighted by Gasteiger charge is 2.17. The van der Waals surface area contributed by atoms with Gasteiger partial charge in [-0.2, -0.15) is 4.80 Å². The summed E-state index contributed by atoms with van der Waals surface area (Å²) in [5, 5.41) is 15.5. The molecule has 1 N–H and O–H groups in total. The van der Waals surface area contributed by atoms with Gasteiger partial charge in [-0.15, -0.1) is 10.2 Å². The molecule has 1 atom stereocenters. The molecule has 2 rings (SSSR count). The Kier molecular flexibility index (Phi) is 4.09. The van der Waals surface area contributed by atoms with Crippen LogP contribution in [0.5, 0.6) is 0 Å². The molecule has 2 aromatic heterocycles. The van der Waals surface area contributed by atoms with Crippen LogP contribution in [-0.2, 0) is 13.5 Å². The second-order valence-corrected chi connectivity index (χ2v) is 4.35. The highest BCUT2D eigenvalue weighted by Crippen LogP contribution is 2.19. The third kappa shape index (κ3) is 3.16. The molecule has 0 bridgehead atoms. The zero-order valence-corrected chi connectivity index (χ0v) is 11.1. The van der Waals surface area contributed by atoms with E-state index in [4.69, 9.17) is 4.42 Å². The molecule has 0 aromatic carbocycles. The minimum atomic E-state index is 0.0999. The van der Waals surface area contributed by atoms with Crippen molar-refractivity contribution in [3.8, 4) is 0 Å². The van der Waals surface area contributed by atoms with Gasteiger partial charge in [0.05, 0.1) is 13.1 Å². The molecule has 6 nitrogen and oxygen atoms in total. The lowest BCUT2D eigenvalue weighted by Crippen LogP contribution is -2.24. The van der Waals surface area contributed by atoms with Crippen molar-refractivity contribution < 1.29 is 4.42 Å². The molecule has 2 aromatic rings. The summed E-state index contributed by atoms with van der Waals surface area (Å²) in [6.07, 6.45) is 1.75. The fourth-order valence-electron chi connectivity index (χ4n) is 1.82. The standard InChI is InChI=1S/C12H19N5O/c1-4-7-13-10(11-6-5-9(2)18-11)8-12-14-16-17(3)15-12/h5-6,10,13H,4,7-8H2,1-3H3. The van der Waals surface area contributed by atoms with Gasteiger partial charge in [0.15, 0.2) is 5.82 Å². The lowest BCUT2D eigenvalue weighted by Gasteiger charge is -2.14. The maximum absolute atomic E-state index is 5.68. The second kappa shape index (κ2) is 5.77. The summed E-state index contributed by atoms with van der Waals surface area (Å²) < 4.78 is 5.68. The average Bonchev–Trinajstić information content (AvgIpc) is 2.93. The number of nitrogens with zero attached hydrogens (tertiary/aromatic N) is 4. The Balaban J connectivity index is 2.09. The minimum Gasteiger partial charge on any atom is -0.465 e. The zero-order valence-electron chi connectivity index (χ0n) is 11.1. The Labute approximate surface area is 106 Å². The second-order valence-electron chi connectivity index (χ2n) is 4.35. The maximum Gasteiger partial charge on any atom is 0.176 e. The molecule has 6 heteroatoms. The Bertz CT molecular complexity index is 490. The summed E-state index contributed by atoms with van der Waals surface area (Å²) in [4.78, 5) is 1.47. The van der Waals surface area contributed by atoms with Gasteiger partial charge in [-0.1, -0.05) is 6.92 Å². The number of aromatic nitrogens is 4. The monoisotopic (exact) mass is 249 g/mol. The first-order valence-corrected chi connectivity index (χ1v) is 6.21. The summed E-state index contributed by atoms with van der Waals surface area (Å²) in [6, 6.07) is 4.07. The van der Waals surface area contributed by atoms with E-state index in [1.54, 1.807) is 7.05 Å². The van der Waals surface area contributed by atoms with Crippen LogP contribution in [0.2, 0.25) is 0 Å². The normalized spacial score (nSPS) is 12.8. The van der Waals surface area contributed by atoms with Gasteiger partial charge in [0.1, 0.15) is 11.5 Å². The van der Waals surface area contributed by atoms with E-state index in [1.807, 2.05) is 19.1 Å². The van der Waals surface area contributed by atoms with Gasteiger partial charge < -0.3 is 9.73 Å². The number of aryl methyl sites for hydroxylation is 2. The van der Waals surface area contributed by atoms with Crippen molar-refractivity contribution in [1.82, 2.24) is 25.5 Å². The summed E-state index contributed by atoms with van der Waals surface area (Å²) in [7, 11) is 1.77. The van der Waals surface area contributed by atoms with Crippen molar-refractivity contribution in [2.24, 2.45) is 7.05 Å². The van der Waals surface area contributed by atoms with Gasteiger partial charge in [0.25, 0.3) is 0 Å². The van der Waals surface area contributed by atoms with Crippen molar-refractivity contribution in [3.63, 3.8) is 0 Å². The van der Waals surface area contributed by atoms with Gasteiger partial charge in [-0.3, -0.25) is 0 Å². The first kappa shape index (κ1) is 12.8. The maximum atomic E-state index is 5.68. The van der Waals surface area contributed by atoms with Gasteiger partial charge in [-0.25, -0.2) is 0 Å². The Morgan fingerprint density at radius 2 is 2.28 bits per heavy atom. The van der Waals surface area contributed by atoms with Crippen LogP contribution in [0.25, 0.3) is 0 Å². The predicted octanol–water partition coefficient (Wildman–Crippen LogP) is 1.39. The van der Waals surface area contributed by atoms with Gasteiger partial charge in [0, 0.05) is 6.42 Å². The molecule has 0 saturated heterocycles. The minimum absolute atomic E-state index is 0.0999. The first-order chi connectivity index (χ1) is 8.69. The smallest absolute Gasteiger partial charge is 0.176 e. The Morgan fingerprint density at radius 3 is 2.83 bits per heavy atom. The van der Waals surface area contributed by atoms with E-state index in [9.17, 15) is 0 Å². The molecular formula is C12H19N5O. The van der Waals surface area contributed by atoms with Crippen molar-refractivity contribution >= 4 is 0 Å². The highest BCUT2D eigenvalue weighted by molar-refractivity contribution is 5.11. The molecule has 0 radical (unpaired) electrons. The summed E-state index contributed by atoms with van der Waals surface area (Å²) in [5.74, 6) is 2.56. The molecule has 18 heavy (non-hydrogen) atoms. The van der Waals surface area contributed by atoms with Crippen LogP contribution < -0.4 is 5.32 Å². The van der Waals surface area contributed by atoms with Gasteiger partial charge in [-0.05, 0) is 37.2 Å². The molecule has 0 aliphatic carbocycles. The van der Waals surface area contributed by atoms with Crippen LogP contribution in [0.4, 0.5) is 0 Å². The highest BCUT2D eigenvalue weighted by atomic mass is 16.3. The van der Waals surface area contributed by atoms with Crippen molar-refractivity contribution in [1.29, 1.82) is 0 Å². The molecule has 0 saturated carbocycles. The number of tetrazole rings is 1. The average molecular weight is 249 g/mol. The lowest BCUT2D eigenvalue weighted by molar-refractivity contribution is 0.394. The van der Waals surface area contributed by atoms with E-state index in [2.05, 4.69) is 27.7 Å². The molecule has 2 heterocycles. The first-order valence-electron chi connectivity index (χ1n) is 6.21. The topological polar surface area (TPSA) is 68.8 Å². The van der Waals surface area contributed by atoms with Gasteiger partial charge >= 0.3 is 0 Å².